The first-order valence-electron chi connectivity index (χ1n) is 12.3. The number of pyridine rings is 1. The van der Waals surface area contributed by atoms with Gasteiger partial charge in [-0.1, -0.05) is 39.0 Å². The number of rotatable bonds is 9. The van der Waals surface area contributed by atoms with E-state index in [0.717, 1.165) is 18.5 Å². The first-order chi connectivity index (χ1) is 18.2. The van der Waals surface area contributed by atoms with Gasteiger partial charge < -0.3 is 9.47 Å². The van der Waals surface area contributed by atoms with Gasteiger partial charge in [0.05, 0.1) is 18.0 Å². The number of carbonyl (C=O) groups is 1. The van der Waals surface area contributed by atoms with Gasteiger partial charge in [-0.05, 0) is 48.6 Å². The lowest BCUT2D eigenvalue weighted by Gasteiger charge is -2.21. The molecule has 0 radical (unpaired) electrons. The Morgan fingerprint density at radius 1 is 1.18 bits per heavy atom. The molecule has 0 atom stereocenters. The molecule has 4 aromatic rings. The van der Waals surface area contributed by atoms with Crippen LogP contribution in [0, 0.1) is 5.41 Å². The van der Waals surface area contributed by atoms with Gasteiger partial charge in [0.15, 0.2) is 16.6 Å². The van der Waals surface area contributed by atoms with Gasteiger partial charge in [0, 0.05) is 23.1 Å². The molecule has 38 heavy (non-hydrogen) atoms. The molecule has 1 saturated carbocycles. The summed E-state index contributed by atoms with van der Waals surface area (Å²) < 4.78 is 38.5. The van der Waals surface area contributed by atoms with Crippen LogP contribution >= 0.6 is 11.3 Å². The second kappa shape index (κ2) is 10.5. The number of thiazole rings is 1. The number of para-hydroxylation sites is 1. The van der Waals surface area contributed by atoms with Crippen LogP contribution in [0.15, 0.2) is 48.0 Å². The largest absolute Gasteiger partial charge is 0.489 e. The number of ether oxygens (including phenoxy) is 2. The van der Waals surface area contributed by atoms with Gasteiger partial charge in [-0.15, -0.1) is 11.3 Å². The fourth-order valence-electron chi connectivity index (χ4n) is 3.89. The molecule has 5 rings (SSSR count). The first-order valence-corrected chi connectivity index (χ1v) is 13.2. The van der Waals surface area contributed by atoms with Crippen LogP contribution in [-0.4, -0.2) is 33.5 Å². The lowest BCUT2D eigenvalue weighted by molar-refractivity contribution is -0.0517. The summed E-state index contributed by atoms with van der Waals surface area (Å²) in [6.45, 7) is 3.24. The average Bonchev–Trinajstić information content (AvgIpc) is 3.48. The van der Waals surface area contributed by atoms with Crippen molar-refractivity contribution in [1.82, 2.24) is 14.4 Å². The van der Waals surface area contributed by atoms with E-state index >= 15 is 0 Å². The predicted octanol–water partition coefficient (Wildman–Crippen LogP) is 7.12. The van der Waals surface area contributed by atoms with Crippen LogP contribution in [-0.2, 0) is 0 Å². The summed E-state index contributed by atoms with van der Waals surface area (Å²) in [6, 6.07) is 10.2. The topological polar surface area (TPSA) is 77.8 Å². The van der Waals surface area contributed by atoms with Gasteiger partial charge in [-0.3, -0.25) is 14.5 Å². The maximum atomic E-state index is 13.4. The number of anilines is 1. The van der Waals surface area contributed by atoms with Crippen molar-refractivity contribution in [1.29, 1.82) is 0 Å². The van der Waals surface area contributed by atoms with Gasteiger partial charge >= 0.3 is 6.61 Å². The number of carbonyl (C=O) groups excluding carboxylic acids is 1. The standard InChI is InChI=1S/C28H28F2N4O3S/c1-28(2,3)16-36-24-18(7-6-8-21(24)37-26(29)30)12-13-19-23(34-14-5-4-9-22(34)31-19)25(35)33-27-32-20(15-38-27)17-10-11-17/h4-9,12-15,17,26H,10-11,16H2,1-3H3,(H,32,33,35). The minimum Gasteiger partial charge on any atom is -0.489 e. The molecule has 0 bridgehead atoms. The fourth-order valence-corrected chi connectivity index (χ4v) is 4.67. The average molecular weight is 539 g/mol. The number of nitrogens with one attached hydrogen (secondary N) is 1. The van der Waals surface area contributed by atoms with E-state index in [2.05, 4.69) is 15.3 Å². The van der Waals surface area contributed by atoms with Crippen molar-refractivity contribution in [2.24, 2.45) is 5.41 Å². The summed E-state index contributed by atoms with van der Waals surface area (Å²) in [4.78, 5) is 22.6. The van der Waals surface area contributed by atoms with Crippen LogP contribution < -0.4 is 14.8 Å². The lowest BCUT2D eigenvalue weighted by atomic mass is 9.98. The van der Waals surface area contributed by atoms with E-state index < -0.39 is 6.61 Å². The van der Waals surface area contributed by atoms with E-state index in [1.54, 1.807) is 40.9 Å². The molecule has 0 spiro atoms. The molecule has 1 N–H and O–H groups in total. The normalized spacial score (nSPS) is 13.9. The molecule has 1 amide bonds. The Morgan fingerprint density at radius 2 is 2.00 bits per heavy atom. The molecular formula is C28H28F2N4O3S. The molecule has 1 fully saturated rings. The number of aromatic nitrogens is 3. The maximum Gasteiger partial charge on any atom is 0.387 e. The van der Waals surface area contributed by atoms with E-state index in [0.29, 0.717) is 33.6 Å². The number of hydrogen-bond acceptors (Lipinski definition) is 6. The highest BCUT2D eigenvalue weighted by Crippen LogP contribution is 2.41. The van der Waals surface area contributed by atoms with Crippen molar-refractivity contribution in [2.45, 2.75) is 46.1 Å². The van der Waals surface area contributed by atoms with E-state index in [-0.39, 0.29) is 29.4 Å². The van der Waals surface area contributed by atoms with Gasteiger partial charge in [-0.2, -0.15) is 8.78 Å². The van der Waals surface area contributed by atoms with E-state index in [1.807, 2.05) is 38.3 Å². The highest BCUT2D eigenvalue weighted by atomic mass is 32.1. The summed E-state index contributed by atoms with van der Waals surface area (Å²) in [5.74, 6) is 0.281. The Balaban J connectivity index is 1.48. The second-order valence-electron chi connectivity index (χ2n) is 10.3. The summed E-state index contributed by atoms with van der Waals surface area (Å²) in [5.41, 5.74) is 2.66. The number of alkyl halides is 2. The first kappa shape index (κ1) is 25.8. The lowest BCUT2D eigenvalue weighted by Crippen LogP contribution is -2.18. The fraction of sp³-hybridized carbons (Fsp3) is 0.321. The van der Waals surface area contributed by atoms with Crippen molar-refractivity contribution >= 4 is 40.2 Å². The number of nitrogens with zero attached hydrogens (tertiary/aromatic N) is 3. The van der Waals surface area contributed by atoms with Gasteiger partial charge in [0.1, 0.15) is 11.3 Å². The molecule has 3 heterocycles. The molecule has 0 aliphatic heterocycles. The van der Waals surface area contributed by atoms with Crippen LogP contribution in [0.5, 0.6) is 11.5 Å². The van der Waals surface area contributed by atoms with Crippen LogP contribution in [0.4, 0.5) is 13.9 Å². The minimum atomic E-state index is -2.99. The number of amides is 1. The Kier molecular flexibility index (Phi) is 7.16. The molecule has 1 aliphatic rings. The minimum absolute atomic E-state index is 0.0606. The van der Waals surface area contributed by atoms with Crippen molar-refractivity contribution in [3.8, 4) is 11.5 Å². The number of halogens is 2. The Labute approximate surface area is 223 Å². The van der Waals surface area contributed by atoms with E-state index in [1.165, 1.54) is 17.4 Å². The van der Waals surface area contributed by atoms with Crippen molar-refractivity contribution < 1.29 is 23.0 Å². The molecular weight excluding hydrogens is 510 g/mol. The van der Waals surface area contributed by atoms with Crippen LogP contribution in [0.3, 0.4) is 0 Å². The van der Waals surface area contributed by atoms with Gasteiger partial charge in [0.25, 0.3) is 5.91 Å². The molecule has 3 aromatic heterocycles. The Hall–Kier alpha value is -3.79. The molecule has 1 aromatic carbocycles. The second-order valence-corrected chi connectivity index (χ2v) is 11.2. The highest BCUT2D eigenvalue weighted by Gasteiger charge is 2.27. The summed E-state index contributed by atoms with van der Waals surface area (Å²) in [7, 11) is 0. The highest BCUT2D eigenvalue weighted by molar-refractivity contribution is 7.14. The van der Waals surface area contributed by atoms with Crippen molar-refractivity contribution in [3.05, 3.63) is 70.6 Å². The maximum absolute atomic E-state index is 13.4. The third-order valence-corrected chi connectivity index (χ3v) is 6.58. The third kappa shape index (κ3) is 6.02. The van der Waals surface area contributed by atoms with E-state index in [9.17, 15) is 13.6 Å². The van der Waals surface area contributed by atoms with E-state index in [4.69, 9.17) is 9.47 Å². The monoisotopic (exact) mass is 538 g/mol. The molecule has 1 aliphatic carbocycles. The predicted molar refractivity (Wildman–Crippen MR) is 144 cm³/mol. The number of imidazole rings is 1. The molecule has 10 heteroatoms. The van der Waals surface area contributed by atoms with Crippen LogP contribution in [0.1, 0.15) is 67.0 Å². The third-order valence-electron chi connectivity index (χ3n) is 5.81. The summed E-state index contributed by atoms with van der Waals surface area (Å²) in [5, 5.41) is 5.42. The zero-order valence-corrected chi connectivity index (χ0v) is 22.1. The SMILES string of the molecule is CC(C)(C)COc1c(C=Cc2nc3ccccn3c2C(=O)Nc2nc(C3CC3)cs2)cccc1OC(F)F. The molecule has 7 nitrogen and oxygen atoms in total. The summed E-state index contributed by atoms with van der Waals surface area (Å²) >= 11 is 1.40. The number of hydrogen-bond donors (Lipinski definition) is 1. The van der Waals surface area contributed by atoms with Crippen LogP contribution in [0.2, 0.25) is 0 Å². The van der Waals surface area contributed by atoms with Crippen molar-refractivity contribution in [2.75, 3.05) is 11.9 Å². The quantitative estimate of drug-likeness (QED) is 0.246. The van der Waals surface area contributed by atoms with Crippen LogP contribution in [0.25, 0.3) is 17.8 Å². The van der Waals surface area contributed by atoms with Gasteiger partial charge in [-0.25, -0.2) is 9.97 Å². The molecule has 0 unspecified atom stereocenters. The molecule has 0 saturated heterocycles. The number of fused-ring (bicyclic) bond motifs is 1. The zero-order valence-electron chi connectivity index (χ0n) is 21.3. The molecule has 198 valence electrons. The Bertz CT molecular complexity index is 1490. The Morgan fingerprint density at radius 3 is 2.74 bits per heavy atom. The van der Waals surface area contributed by atoms with Crippen molar-refractivity contribution in [3.63, 3.8) is 0 Å². The smallest absolute Gasteiger partial charge is 0.387 e. The number of benzene rings is 1. The van der Waals surface area contributed by atoms with Gasteiger partial charge in [0.2, 0.25) is 0 Å². The zero-order chi connectivity index (χ0) is 26.9. The summed E-state index contributed by atoms with van der Waals surface area (Å²) in [6.07, 6.45) is 7.38.